The molecule has 1 fully saturated rings. The lowest BCUT2D eigenvalue weighted by atomic mass is 10.3. The molecule has 19 heavy (non-hydrogen) atoms. The summed E-state index contributed by atoms with van der Waals surface area (Å²) in [6.45, 7) is 1.77. The summed E-state index contributed by atoms with van der Waals surface area (Å²) >= 11 is 1.44. The Labute approximate surface area is 116 Å². The molecule has 1 rings (SSSR count). The Morgan fingerprint density at radius 2 is 2.05 bits per heavy atom. The van der Waals surface area contributed by atoms with E-state index in [-0.39, 0.29) is 17.8 Å². The van der Waals surface area contributed by atoms with Gasteiger partial charge in [0.05, 0.1) is 11.9 Å². The predicted octanol–water partition coefficient (Wildman–Crippen LogP) is 0.0223. The normalized spacial score (nSPS) is 22.2. The monoisotopic (exact) mass is 289 g/mol. The standard InChI is InChI=1S/C11H19N3O4S/c1-4-9-14(7(6-19-9)10(16)17)11(18)12-5-8(15)13(2)3/h7,9H,4-6H2,1-3H3,(H,12,18)(H,16,17). The van der Waals surface area contributed by atoms with E-state index in [0.29, 0.717) is 12.2 Å². The Balaban J connectivity index is 2.66. The summed E-state index contributed by atoms with van der Waals surface area (Å²) in [7, 11) is 3.18. The van der Waals surface area contributed by atoms with Gasteiger partial charge in [-0.3, -0.25) is 9.69 Å². The van der Waals surface area contributed by atoms with Crippen molar-refractivity contribution in [2.45, 2.75) is 24.8 Å². The number of hydrogen-bond donors (Lipinski definition) is 2. The third-order valence-electron chi connectivity index (χ3n) is 2.85. The summed E-state index contributed by atoms with van der Waals surface area (Å²) in [5, 5.41) is 11.4. The quantitative estimate of drug-likeness (QED) is 0.761. The number of carboxylic acids is 1. The Hall–Kier alpha value is -1.44. The molecule has 8 heteroatoms. The van der Waals surface area contributed by atoms with Crippen LogP contribution < -0.4 is 5.32 Å². The van der Waals surface area contributed by atoms with Gasteiger partial charge in [0.15, 0.2) is 0 Å². The zero-order valence-electron chi connectivity index (χ0n) is 11.3. The van der Waals surface area contributed by atoms with Crippen LogP contribution in [0.25, 0.3) is 0 Å². The molecular weight excluding hydrogens is 270 g/mol. The van der Waals surface area contributed by atoms with Crippen molar-refractivity contribution in [2.24, 2.45) is 0 Å². The van der Waals surface area contributed by atoms with E-state index in [1.807, 2.05) is 6.92 Å². The number of urea groups is 1. The predicted molar refractivity (Wildman–Crippen MR) is 71.9 cm³/mol. The van der Waals surface area contributed by atoms with Crippen LogP contribution in [0.3, 0.4) is 0 Å². The van der Waals surface area contributed by atoms with Gasteiger partial charge in [0.1, 0.15) is 6.04 Å². The molecule has 3 amide bonds. The van der Waals surface area contributed by atoms with Crippen molar-refractivity contribution in [3.63, 3.8) is 0 Å². The average Bonchev–Trinajstić information content (AvgIpc) is 2.79. The number of rotatable bonds is 4. The van der Waals surface area contributed by atoms with Gasteiger partial charge in [-0.2, -0.15) is 0 Å². The molecule has 0 saturated carbocycles. The smallest absolute Gasteiger partial charge is 0.327 e. The van der Waals surface area contributed by atoms with Gasteiger partial charge in [-0.1, -0.05) is 6.92 Å². The topological polar surface area (TPSA) is 90.0 Å². The number of hydrogen-bond acceptors (Lipinski definition) is 4. The molecule has 0 spiro atoms. The maximum absolute atomic E-state index is 12.0. The fourth-order valence-corrected chi connectivity index (χ4v) is 3.09. The number of amides is 3. The first-order valence-electron chi connectivity index (χ1n) is 5.99. The molecule has 2 N–H and O–H groups in total. The third kappa shape index (κ3) is 3.76. The number of nitrogens with one attached hydrogen (secondary N) is 1. The molecule has 0 radical (unpaired) electrons. The summed E-state index contributed by atoms with van der Waals surface area (Å²) in [4.78, 5) is 37.2. The summed E-state index contributed by atoms with van der Waals surface area (Å²) in [6, 6.07) is -1.33. The van der Waals surface area contributed by atoms with Crippen molar-refractivity contribution in [3.8, 4) is 0 Å². The van der Waals surface area contributed by atoms with Crippen LogP contribution in [0.5, 0.6) is 0 Å². The molecular formula is C11H19N3O4S. The zero-order valence-corrected chi connectivity index (χ0v) is 12.1. The highest BCUT2D eigenvalue weighted by Crippen LogP contribution is 2.31. The lowest BCUT2D eigenvalue weighted by molar-refractivity contribution is -0.141. The fraction of sp³-hybridized carbons (Fsp3) is 0.727. The number of carboxylic acid groups (broad SMARTS) is 1. The van der Waals surface area contributed by atoms with E-state index in [2.05, 4.69) is 5.32 Å². The van der Waals surface area contributed by atoms with Crippen LogP contribution in [0.15, 0.2) is 0 Å². The minimum atomic E-state index is -1.02. The van der Waals surface area contributed by atoms with Crippen molar-refractivity contribution in [2.75, 3.05) is 26.4 Å². The molecule has 108 valence electrons. The van der Waals surface area contributed by atoms with E-state index in [1.54, 1.807) is 14.1 Å². The van der Waals surface area contributed by atoms with Crippen molar-refractivity contribution < 1.29 is 19.5 Å². The lowest BCUT2D eigenvalue weighted by Gasteiger charge is -2.26. The summed E-state index contributed by atoms with van der Waals surface area (Å²) < 4.78 is 0. The van der Waals surface area contributed by atoms with E-state index >= 15 is 0 Å². The van der Waals surface area contributed by atoms with Crippen LogP contribution in [0, 0.1) is 0 Å². The van der Waals surface area contributed by atoms with Crippen molar-refractivity contribution >= 4 is 29.7 Å². The SMILES string of the molecule is CCC1SCC(C(=O)O)N1C(=O)NCC(=O)N(C)C. The number of carbonyl (C=O) groups is 3. The molecule has 1 saturated heterocycles. The van der Waals surface area contributed by atoms with Crippen molar-refractivity contribution in [3.05, 3.63) is 0 Å². The first kappa shape index (κ1) is 15.6. The van der Waals surface area contributed by atoms with Gasteiger partial charge in [-0.25, -0.2) is 9.59 Å². The molecule has 1 aliphatic heterocycles. The average molecular weight is 289 g/mol. The molecule has 0 bridgehead atoms. The van der Waals surface area contributed by atoms with Gasteiger partial charge in [-0.15, -0.1) is 11.8 Å². The van der Waals surface area contributed by atoms with Crippen LogP contribution in [-0.4, -0.2) is 70.6 Å². The van der Waals surface area contributed by atoms with Gasteiger partial charge >= 0.3 is 12.0 Å². The highest BCUT2D eigenvalue weighted by atomic mass is 32.2. The third-order valence-corrected chi connectivity index (χ3v) is 4.30. The zero-order chi connectivity index (χ0) is 14.6. The van der Waals surface area contributed by atoms with Crippen molar-refractivity contribution in [1.82, 2.24) is 15.1 Å². The molecule has 0 aliphatic carbocycles. The van der Waals surface area contributed by atoms with Crippen LogP contribution in [0.4, 0.5) is 4.79 Å². The van der Waals surface area contributed by atoms with Crippen molar-refractivity contribution in [1.29, 1.82) is 0 Å². The van der Waals surface area contributed by atoms with Crippen LogP contribution in [-0.2, 0) is 9.59 Å². The van der Waals surface area contributed by atoms with Gasteiger partial charge < -0.3 is 15.3 Å². The number of likely N-dealkylation sites (N-methyl/N-ethyl adjacent to an activating group) is 1. The second kappa shape index (κ2) is 6.65. The summed E-state index contributed by atoms with van der Waals surface area (Å²) in [5.74, 6) is -0.874. The Morgan fingerprint density at radius 1 is 1.42 bits per heavy atom. The first-order valence-corrected chi connectivity index (χ1v) is 7.04. The number of carbonyl (C=O) groups excluding carboxylic acids is 2. The minimum Gasteiger partial charge on any atom is -0.480 e. The van der Waals surface area contributed by atoms with Gasteiger partial charge in [0.25, 0.3) is 0 Å². The number of thioether (sulfide) groups is 1. The Kier molecular flexibility index (Phi) is 5.46. The fourth-order valence-electron chi connectivity index (χ4n) is 1.74. The molecule has 2 unspecified atom stereocenters. The molecule has 2 atom stereocenters. The highest BCUT2D eigenvalue weighted by Gasteiger charge is 2.40. The van der Waals surface area contributed by atoms with Gasteiger partial charge in [0.2, 0.25) is 5.91 Å². The Morgan fingerprint density at radius 3 is 2.53 bits per heavy atom. The second-order valence-electron chi connectivity index (χ2n) is 4.40. The van der Waals surface area contributed by atoms with Crippen LogP contribution >= 0.6 is 11.8 Å². The number of nitrogens with zero attached hydrogens (tertiary/aromatic N) is 2. The molecule has 0 aromatic rings. The van der Waals surface area contributed by atoms with Crippen LogP contribution in [0.1, 0.15) is 13.3 Å². The molecule has 0 aromatic carbocycles. The summed E-state index contributed by atoms with van der Waals surface area (Å²) in [5.41, 5.74) is 0. The summed E-state index contributed by atoms with van der Waals surface area (Å²) in [6.07, 6.45) is 0.670. The lowest BCUT2D eigenvalue weighted by Crippen LogP contribution is -2.51. The van der Waals surface area contributed by atoms with E-state index in [9.17, 15) is 14.4 Å². The molecule has 1 aliphatic rings. The Bertz CT molecular complexity index is 375. The van der Waals surface area contributed by atoms with E-state index < -0.39 is 18.0 Å². The maximum atomic E-state index is 12.0. The van der Waals surface area contributed by atoms with Gasteiger partial charge in [-0.05, 0) is 6.42 Å². The second-order valence-corrected chi connectivity index (χ2v) is 5.62. The van der Waals surface area contributed by atoms with Crippen LogP contribution in [0.2, 0.25) is 0 Å². The van der Waals surface area contributed by atoms with E-state index in [0.717, 1.165) is 0 Å². The van der Waals surface area contributed by atoms with E-state index in [4.69, 9.17) is 5.11 Å². The maximum Gasteiger partial charge on any atom is 0.327 e. The van der Waals surface area contributed by atoms with Gasteiger partial charge in [0, 0.05) is 19.8 Å². The molecule has 1 heterocycles. The molecule has 7 nitrogen and oxygen atoms in total. The minimum absolute atomic E-state index is 0.129. The highest BCUT2D eigenvalue weighted by molar-refractivity contribution is 8.00. The first-order chi connectivity index (χ1) is 8.88. The van der Waals surface area contributed by atoms with E-state index in [1.165, 1.54) is 21.6 Å². The molecule has 0 aromatic heterocycles. The largest absolute Gasteiger partial charge is 0.480 e. The number of aliphatic carboxylic acids is 1.